The highest BCUT2D eigenvalue weighted by Crippen LogP contribution is 2.46. The molecule has 1 fully saturated rings. The maximum absolute atomic E-state index is 13.9. The zero-order valence-corrected chi connectivity index (χ0v) is 29.9. The van der Waals surface area contributed by atoms with Crippen LogP contribution in [0.1, 0.15) is 62.8 Å². The van der Waals surface area contributed by atoms with Crippen LogP contribution in [0, 0.1) is 0 Å². The van der Waals surface area contributed by atoms with Crippen LogP contribution in [0.3, 0.4) is 0 Å². The van der Waals surface area contributed by atoms with Crippen molar-refractivity contribution >= 4 is 56.5 Å². The topological polar surface area (TPSA) is 111 Å². The number of hydrogen-bond acceptors (Lipinski definition) is 10. The summed E-state index contributed by atoms with van der Waals surface area (Å²) < 4.78 is 18.3. The van der Waals surface area contributed by atoms with Gasteiger partial charge in [-0.25, -0.2) is 0 Å². The quantitative estimate of drug-likeness (QED) is 0.0284. The molecule has 1 saturated heterocycles. The molecule has 11 heteroatoms. The molecule has 1 amide bonds. The second kappa shape index (κ2) is 16.2. The van der Waals surface area contributed by atoms with Crippen molar-refractivity contribution in [1.29, 1.82) is 0 Å². The lowest BCUT2D eigenvalue weighted by atomic mass is 9.95. The Morgan fingerprint density at radius 1 is 0.860 bits per heavy atom. The lowest BCUT2D eigenvalue weighted by Crippen LogP contribution is -2.29. The van der Waals surface area contributed by atoms with Crippen molar-refractivity contribution in [2.24, 2.45) is 0 Å². The number of fused-ring (bicyclic) bond motifs is 1. The summed E-state index contributed by atoms with van der Waals surface area (Å²) in [4.78, 5) is 29.1. The van der Waals surface area contributed by atoms with Crippen molar-refractivity contribution in [3.63, 3.8) is 0 Å². The third-order valence-electron chi connectivity index (χ3n) is 8.22. The van der Waals surface area contributed by atoms with E-state index in [9.17, 15) is 14.7 Å². The lowest BCUT2D eigenvalue weighted by molar-refractivity contribution is -0.132. The number of unbranched alkanes of at least 4 members (excludes halogenated alkanes) is 1. The number of rotatable bonds is 15. The molecule has 9 nitrogen and oxygen atoms in total. The number of hydrogen-bond donors (Lipinski definition) is 1. The van der Waals surface area contributed by atoms with Gasteiger partial charge in [0, 0.05) is 11.3 Å². The summed E-state index contributed by atoms with van der Waals surface area (Å²) in [5.74, 6) is 0.409. The van der Waals surface area contributed by atoms with Crippen molar-refractivity contribution in [3.8, 4) is 17.2 Å². The predicted octanol–water partition coefficient (Wildman–Crippen LogP) is 8.98. The Kier molecular flexibility index (Phi) is 11.3. The van der Waals surface area contributed by atoms with Gasteiger partial charge in [0.15, 0.2) is 15.8 Å². The van der Waals surface area contributed by atoms with Gasteiger partial charge in [-0.1, -0.05) is 91.9 Å². The molecule has 258 valence electrons. The number of amides is 1. The molecule has 0 spiro atoms. The molecule has 1 aliphatic rings. The van der Waals surface area contributed by atoms with E-state index in [2.05, 4.69) is 41.4 Å². The first-order valence-electron chi connectivity index (χ1n) is 16.8. The second-order valence-electron chi connectivity index (χ2n) is 11.7. The van der Waals surface area contributed by atoms with Crippen molar-refractivity contribution in [3.05, 3.63) is 107 Å². The minimum absolute atomic E-state index is 0.0560. The van der Waals surface area contributed by atoms with Crippen LogP contribution in [-0.4, -0.2) is 46.8 Å². The number of carbonyl (C=O) groups excluding carboxylic acids is 2. The van der Waals surface area contributed by atoms with Crippen molar-refractivity contribution in [2.45, 2.75) is 56.2 Å². The molecule has 1 aromatic heterocycles. The Balaban J connectivity index is 1.38. The molecule has 6 rings (SSSR count). The molecule has 1 aliphatic heterocycles. The third-order valence-corrected chi connectivity index (χ3v) is 10.3. The highest BCUT2D eigenvalue weighted by molar-refractivity contribution is 8.00. The number of ketones is 1. The second-order valence-corrected chi connectivity index (χ2v) is 13.8. The predicted molar refractivity (Wildman–Crippen MR) is 198 cm³/mol. The molecule has 0 bridgehead atoms. The Labute approximate surface area is 299 Å². The molecule has 0 radical (unpaired) electrons. The van der Waals surface area contributed by atoms with Crippen LogP contribution < -0.4 is 19.1 Å². The summed E-state index contributed by atoms with van der Waals surface area (Å²) in [6.07, 6.45) is 2.71. The normalized spacial score (nSPS) is 15.5. The number of anilines is 1. The van der Waals surface area contributed by atoms with E-state index < -0.39 is 17.7 Å². The monoisotopic (exact) mass is 709 g/mol. The van der Waals surface area contributed by atoms with E-state index in [0.717, 1.165) is 35.6 Å². The van der Waals surface area contributed by atoms with Gasteiger partial charge >= 0.3 is 5.91 Å². The fourth-order valence-corrected chi connectivity index (χ4v) is 7.63. The first-order chi connectivity index (χ1) is 24.4. The Morgan fingerprint density at radius 3 is 2.44 bits per heavy atom. The van der Waals surface area contributed by atoms with Crippen LogP contribution in [0.5, 0.6) is 17.2 Å². The summed E-state index contributed by atoms with van der Waals surface area (Å²) in [5, 5.41) is 23.0. The van der Waals surface area contributed by atoms with Gasteiger partial charge in [-0.3, -0.25) is 14.5 Å². The van der Waals surface area contributed by atoms with E-state index in [-0.39, 0.29) is 16.5 Å². The Bertz CT molecular complexity index is 2000. The molecule has 0 aliphatic carbocycles. The zero-order valence-electron chi connectivity index (χ0n) is 28.3. The number of aromatic nitrogens is 2. The largest absolute Gasteiger partial charge is 0.507 e. The fraction of sp³-hybridized carbons (Fsp3) is 0.282. The van der Waals surface area contributed by atoms with Gasteiger partial charge in [0.25, 0.3) is 5.78 Å². The van der Waals surface area contributed by atoms with E-state index in [1.165, 1.54) is 28.0 Å². The summed E-state index contributed by atoms with van der Waals surface area (Å²) in [6, 6.07) is 25.6. The first kappa shape index (κ1) is 35.0. The number of benzene rings is 4. The Morgan fingerprint density at radius 2 is 1.66 bits per heavy atom. The number of ether oxygens (including phenoxy) is 3. The number of nitrogens with zero attached hydrogens (tertiary/aromatic N) is 3. The van der Waals surface area contributed by atoms with Gasteiger partial charge in [-0.2, -0.15) is 0 Å². The van der Waals surface area contributed by atoms with Crippen LogP contribution in [0.25, 0.3) is 16.5 Å². The van der Waals surface area contributed by atoms with E-state index in [4.69, 9.17) is 14.2 Å². The molecule has 5 aromatic rings. The number of aliphatic hydroxyl groups excluding tert-OH is 1. The molecule has 1 N–H and O–H groups in total. The summed E-state index contributed by atoms with van der Waals surface area (Å²) in [7, 11) is 0. The number of carbonyl (C=O) groups is 2. The maximum Gasteiger partial charge on any atom is 0.301 e. The van der Waals surface area contributed by atoms with Crippen LogP contribution in [0.2, 0.25) is 0 Å². The average Bonchev–Trinajstić information content (AvgIpc) is 3.71. The first-order valence-corrected chi connectivity index (χ1v) is 18.6. The summed E-state index contributed by atoms with van der Waals surface area (Å²) >= 11 is 2.74. The van der Waals surface area contributed by atoms with Gasteiger partial charge in [0.2, 0.25) is 5.13 Å². The van der Waals surface area contributed by atoms with Gasteiger partial charge in [0.05, 0.1) is 31.4 Å². The Hall–Kier alpha value is -4.87. The van der Waals surface area contributed by atoms with Crippen LogP contribution >= 0.6 is 23.1 Å². The summed E-state index contributed by atoms with van der Waals surface area (Å²) in [6.45, 7) is 7.45. The van der Waals surface area contributed by atoms with E-state index >= 15 is 0 Å². The molecular weight excluding hydrogens is 671 g/mol. The molecule has 0 saturated carbocycles. The lowest BCUT2D eigenvalue weighted by Gasteiger charge is -2.23. The fourth-order valence-electron chi connectivity index (χ4n) is 5.75. The molecule has 1 atom stereocenters. The standard InChI is InChI=1S/C39H39N3O6S2/c1-4-7-22-48-31-20-17-27(23-32(31)46-6-3)34-33(35(43)26-15-18-29(19-16-26)47-21-5-2)36(44)37(45)42(34)38-40-41-39(50-38)49-24-28-13-10-12-25-11-8-9-14-30(25)28/h8-20,23,34,43H,4-7,21-22,24H2,1-3H3. The highest BCUT2D eigenvalue weighted by Gasteiger charge is 2.48. The van der Waals surface area contributed by atoms with Crippen LogP contribution in [-0.2, 0) is 15.3 Å². The minimum Gasteiger partial charge on any atom is -0.507 e. The van der Waals surface area contributed by atoms with Crippen LogP contribution in [0.15, 0.2) is 94.8 Å². The van der Waals surface area contributed by atoms with E-state index in [1.54, 1.807) is 42.5 Å². The van der Waals surface area contributed by atoms with Gasteiger partial charge < -0.3 is 19.3 Å². The SMILES string of the molecule is CCCCOc1ccc(C2C(=C(O)c3ccc(OCCC)cc3)C(=O)C(=O)N2c2nnc(SCc3cccc4ccccc34)s2)cc1OCC. The van der Waals surface area contributed by atoms with Gasteiger partial charge in [-0.15, -0.1) is 10.2 Å². The van der Waals surface area contributed by atoms with Crippen molar-refractivity contribution < 1.29 is 28.9 Å². The smallest absolute Gasteiger partial charge is 0.301 e. The number of Topliss-reactive ketones (excluding diaryl/α,β-unsaturated/α-hetero) is 1. The van der Waals surface area contributed by atoms with Crippen molar-refractivity contribution in [1.82, 2.24) is 10.2 Å². The van der Waals surface area contributed by atoms with Gasteiger partial charge in [0.1, 0.15) is 11.5 Å². The maximum atomic E-state index is 13.9. The molecule has 1 unspecified atom stereocenters. The zero-order chi connectivity index (χ0) is 35.0. The molecule has 4 aromatic carbocycles. The van der Waals surface area contributed by atoms with E-state index in [1.807, 2.05) is 32.0 Å². The third kappa shape index (κ3) is 7.49. The van der Waals surface area contributed by atoms with Gasteiger partial charge in [-0.05, 0) is 78.1 Å². The number of aliphatic hydroxyl groups is 1. The summed E-state index contributed by atoms with van der Waals surface area (Å²) in [5.41, 5.74) is 2.03. The highest BCUT2D eigenvalue weighted by atomic mass is 32.2. The minimum atomic E-state index is -1.00. The molecule has 50 heavy (non-hydrogen) atoms. The molecule has 2 heterocycles. The van der Waals surface area contributed by atoms with E-state index in [0.29, 0.717) is 58.3 Å². The average molecular weight is 710 g/mol. The number of thioether (sulfide) groups is 1. The van der Waals surface area contributed by atoms with Crippen molar-refractivity contribution in [2.75, 3.05) is 24.7 Å². The van der Waals surface area contributed by atoms with Crippen LogP contribution in [0.4, 0.5) is 5.13 Å². The molecular formula is C39H39N3O6S2.